The minimum absolute atomic E-state index is 0.247. The second kappa shape index (κ2) is 5.33. The highest BCUT2D eigenvalue weighted by Gasteiger charge is 2.37. The van der Waals surface area contributed by atoms with Crippen molar-refractivity contribution in [1.82, 2.24) is 4.90 Å². The molecule has 2 heterocycles. The topological polar surface area (TPSA) is 53.7 Å². The summed E-state index contributed by atoms with van der Waals surface area (Å²) in [5.74, 6) is -0.281. The Bertz CT molecular complexity index is 650. The molecule has 3 rings (SSSR count). The van der Waals surface area contributed by atoms with Gasteiger partial charge < -0.3 is 14.4 Å². The van der Waals surface area contributed by atoms with Crippen LogP contribution in [0.3, 0.4) is 0 Å². The number of aryl methyl sites for hydroxylation is 1. The third-order valence-corrected chi connectivity index (χ3v) is 3.85. The molecule has 1 saturated heterocycles. The number of β-amino-alcohol motifs (C(OH)–C–C–N with tert-alkyl or cyclic N) is 1. The lowest BCUT2D eigenvalue weighted by molar-refractivity contribution is 0.0682. The molecule has 4 nitrogen and oxygen atoms in total. The summed E-state index contributed by atoms with van der Waals surface area (Å²) in [4.78, 5) is 14.2. The number of likely N-dealkylation sites (tertiary alicyclic amines) is 1. The van der Waals surface area contributed by atoms with Gasteiger partial charge in [0.25, 0.3) is 5.91 Å². The van der Waals surface area contributed by atoms with Gasteiger partial charge in [-0.15, -0.1) is 0 Å². The molecule has 0 saturated carbocycles. The van der Waals surface area contributed by atoms with Crippen molar-refractivity contribution in [3.05, 3.63) is 59.3 Å². The Morgan fingerprint density at radius 1 is 1.33 bits per heavy atom. The molecule has 2 aromatic rings. The molecule has 0 aliphatic carbocycles. The summed E-state index contributed by atoms with van der Waals surface area (Å²) in [5.41, 5.74) is 1.57. The molecular formula is C16H16FNO3. The Morgan fingerprint density at radius 2 is 2.05 bits per heavy atom. The Kier molecular flexibility index (Phi) is 3.51. The van der Waals surface area contributed by atoms with Crippen molar-refractivity contribution in [2.45, 2.75) is 25.5 Å². The predicted molar refractivity (Wildman–Crippen MR) is 74.2 cm³/mol. The van der Waals surface area contributed by atoms with Gasteiger partial charge in [0.2, 0.25) is 0 Å². The Morgan fingerprint density at radius 3 is 2.67 bits per heavy atom. The SMILES string of the molecule is Cc1ccoc1C(=O)N1CC(O)CC1c1ccc(F)cc1. The first kappa shape index (κ1) is 13.8. The fourth-order valence-electron chi connectivity index (χ4n) is 2.76. The van der Waals surface area contributed by atoms with Gasteiger partial charge in [-0.3, -0.25) is 4.79 Å². The molecule has 0 radical (unpaired) electrons. The van der Waals surface area contributed by atoms with Crippen LogP contribution in [0.1, 0.15) is 34.1 Å². The van der Waals surface area contributed by atoms with E-state index in [2.05, 4.69) is 0 Å². The first-order valence-electron chi connectivity index (χ1n) is 6.85. The van der Waals surface area contributed by atoms with E-state index in [1.165, 1.54) is 18.4 Å². The lowest BCUT2D eigenvalue weighted by Crippen LogP contribution is -2.31. The van der Waals surface area contributed by atoms with Crippen LogP contribution in [-0.4, -0.2) is 28.6 Å². The summed E-state index contributed by atoms with van der Waals surface area (Å²) in [6.45, 7) is 2.05. The highest BCUT2D eigenvalue weighted by Crippen LogP contribution is 2.34. The summed E-state index contributed by atoms with van der Waals surface area (Å²) >= 11 is 0. The number of hydrogen-bond acceptors (Lipinski definition) is 3. The van der Waals surface area contributed by atoms with E-state index in [0.717, 1.165) is 11.1 Å². The predicted octanol–water partition coefficient (Wildman–Crippen LogP) is 2.68. The molecule has 110 valence electrons. The summed E-state index contributed by atoms with van der Waals surface area (Å²) < 4.78 is 18.3. The molecule has 0 spiro atoms. The summed E-state index contributed by atoms with van der Waals surface area (Å²) in [6, 6.07) is 7.48. The Labute approximate surface area is 121 Å². The first-order chi connectivity index (χ1) is 10.1. The number of nitrogens with zero attached hydrogens (tertiary/aromatic N) is 1. The zero-order chi connectivity index (χ0) is 15.0. The number of rotatable bonds is 2. The van der Waals surface area contributed by atoms with Gasteiger partial charge in [0.1, 0.15) is 5.82 Å². The highest BCUT2D eigenvalue weighted by molar-refractivity contribution is 5.93. The molecule has 1 aromatic heterocycles. The smallest absolute Gasteiger partial charge is 0.290 e. The molecule has 21 heavy (non-hydrogen) atoms. The lowest BCUT2D eigenvalue weighted by atomic mass is 10.0. The summed E-state index contributed by atoms with van der Waals surface area (Å²) in [5, 5.41) is 9.90. The Hall–Kier alpha value is -2.14. The van der Waals surface area contributed by atoms with Crippen molar-refractivity contribution in [3.63, 3.8) is 0 Å². The van der Waals surface area contributed by atoms with Crippen LogP contribution in [0.25, 0.3) is 0 Å². The van der Waals surface area contributed by atoms with Gasteiger partial charge in [-0.1, -0.05) is 12.1 Å². The van der Waals surface area contributed by atoms with E-state index in [1.54, 1.807) is 30.0 Å². The van der Waals surface area contributed by atoms with E-state index < -0.39 is 6.10 Å². The maximum absolute atomic E-state index is 13.0. The molecule has 1 amide bonds. The van der Waals surface area contributed by atoms with E-state index in [9.17, 15) is 14.3 Å². The van der Waals surface area contributed by atoms with Gasteiger partial charge in [0.15, 0.2) is 5.76 Å². The van der Waals surface area contributed by atoms with Gasteiger partial charge in [0.05, 0.1) is 18.4 Å². The van der Waals surface area contributed by atoms with E-state index in [0.29, 0.717) is 6.42 Å². The van der Waals surface area contributed by atoms with Gasteiger partial charge in [-0.25, -0.2) is 4.39 Å². The van der Waals surface area contributed by atoms with E-state index in [4.69, 9.17) is 4.42 Å². The monoisotopic (exact) mass is 289 g/mol. The van der Waals surface area contributed by atoms with Crippen LogP contribution in [0, 0.1) is 12.7 Å². The first-order valence-corrected chi connectivity index (χ1v) is 6.85. The van der Waals surface area contributed by atoms with Crippen LogP contribution in [0.4, 0.5) is 4.39 Å². The maximum atomic E-state index is 13.0. The van der Waals surface area contributed by atoms with Crippen molar-refractivity contribution in [1.29, 1.82) is 0 Å². The van der Waals surface area contributed by atoms with Crippen LogP contribution in [0.15, 0.2) is 41.0 Å². The summed E-state index contributed by atoms with van der Waals surface area (Å²) in [6.07, 6.45) is 1.33. The van der Waals surface area contributed by atoms with Crippen molar-refractivity contribution in [3.8, 4) is 0 Å². The molecule has 1 N–H and O–H groups in total. The number of benzene rings is 1. The number of carbonyl (C=O) groups excluding carboxylic acids is 1. The van der Waals surface area contributed by atoms with Crippen LogP contribution >= 0.6 is 0 Å². The fourth-order valence-corrected chi connectivity index (χ4v) is 2.76. The average molecular weight is 289 g/mol. The molecule has 1 aromatic carbocycles. The molecule has 5 heteroatoms. The lowest BCUT2D eigenvalue weighted by Gasteiger charge is -2.24. The van der Waals surface area contributed by atoms with Gasteiger partial charge >= 0.3 is 0 Å². The maximum Gasteiger partial charge on any atom is 0.290 e. The standard InChI is InChI=1S/C16H16FNO3/c1-10-6-7-21-15(10)16(20)18-9-13(19)8-14(18)11-2-4-12(17)5-3-11/h2-7,13-14,19H,8-9H2,1H3. The van der Waals surface area contributed by atoms with Crippen LogP contribution in [0.2, 0.25) is 0 Å². The number of carbonyl (C=O) groups is 1. The highest BCUT2D eigenvalue weighted by atomic mass is 19.1. The van der Waals surface area contributed by atoms with Crippen molar-refractivity contribution in [2.24, 2.45) is 0 Å². The molecular weight excluding hydrogens is 273 g/mol. The average Bonchev–Trinajstić information content (AvgIpc) is 3.05. The quantitative estimate of drug-likeness (QED) is 0.924. The minimum atomic E-state index is -0.584. The van der Waals surface area contributed by atoms with E-state index >= 15 is 0 Å². The number of aliphatic hydroxyl groups is 1. The van der Waals surface area contributed by atoms with Crippen molar-refractivity contribution >= 4 is 5.91 Å². The third kappa shape index (κ3) is 2.56. The zero-order valence-corrected chi connectivity index (χ0v) is 11.6. The molecule has 1 aliphatic heterocycles. The van der Waals surface area contributed by atoms with Crippen LogP contribution in [0.5, 0.6) is 0 Å². The molecule has 1 aliphatic rings. The summed E-state index contributed by atoms with van der Waals surface area (Å²) in [7, 11) is 0. The number of halogens is 1. The second-order valence-electron chi connectivity index (χ2n) is 5.35. The van der Waals surface area contributed by atoms with Gasteiger partial charge in [-0.05, 0) is 37.1 Å². The van der Waals surface area contributed by atoms with Crippen molar-refractivity contribution < 1.29 is 18.7 Å². The molecule has 1 fully saturated rings. The van der Waals surface area contributed by atoms with E-state index in [-0.39, 0.29) is 30.1 Å². The largest absolute Gasteiger partial charge is 0.459 e. The van der Waals surface area contributed by atoms with Gasteiger partial charge in [0, 0.05) is 12.1 Å². The van der Waals surface area contributed by atoms with Crippen molar-refractivity contribution in [2.75, 3.05) is 6.54 Å². The number of hydrogen-bond donors (Lipinski definition) is 1. The number of amides is 1. The normalized spacial score (nSPS) is 21.8. The van der Waals surface area contributed by atoms with Crippen LogP contribution in [-0.2, 0) is 0 Å². The fraction of sp³-hybridized carbons (Fsp3) is 0.312. The minimum Gasteiger partial charge on any atom is -0.459 e. The number of aliphatic hydroxyl groups excluding tert-OH is 1. The van der Waals surface area contributed by atoms with Crippen LogP contribution < -0.4 is 0 Å². The van der Waals surface area contributed by atoms with E-state index in [1.807, 2.05) is 0 Å². The Balaban J connectivity index is 1.91. The second-order valence-corrected chi connectivity index (χ2v) is 5.35. The molecule has 2 unspecified atom stereocenters. The molecule has 0 bridgehead atoms. The third-order valence-electron chi connectivity index (χ3n) is 3.85. The zero-order valence-electron chi connectivity index (χ0n) is 11.6. The van der Waals surface area contributed by atoms with Gasteiger partial charge in [-0.2, -0.15) is 0 Å². The molecule has 2 atom stereocenters. The number of furan rings is 1.